The van der Waals surface area contributed by atoms with Gasteiger partial charge in [0, 0.05) is 33.5 Å². The molecule has 2 atom stereocenters. The van der Waals surface area contributed by atoms with Crippen LogP contribution in [-0.2, 0) is 9.59 Å². The maximum Gasteiger partial charge on any atom is 0.214 e. The Hall–Kier alpha value is 0.220. The number of carbonyl (C=O) groups is 2. The Bertz CT molecular complexity index is 370. The van der Waals surface area contributed by atoms with Crippen LogP contribution in [0.4, 0.5) is 0 Å². The monoisotopic (exact) mass is 348 g/mol. The summed E-state index contributed by atoms with van der Waals surface area (Å²) in [5.41, 5.74) is 1.23. The van der Waals surface area contributed by atoms with E-state index in [-0.39, 0.29) is 10.2 Å². The quantitative estimate of drug-likeness (QED) is 0.678. The maximum absolute atomic E-state index is 11.5. The molecule has 2 unspecified atom stereocenters. The lowest BCUT2D eigenvalue weighted by atomic mass is 10.4. The molecule has 1 fully saturated rings. The average molecular weight is 349 g/mol. The van der Waals surface area contributed by atoms with Crippen molar-refractivity contribution in [3.63, 3.8) is 0 Å². The van der Waals surface area contributed by atoms with Crippen molar-refractivity contribution >= 4 is 57.3 Å². The zero-order chi connectivity index (χ0) is 15.1. The summed E-state index contributed by atoms with van der Waals surface area (Å²) >= 11 is 6.55. The van der Waals surface area contributed by atoms with Crippen LogP contribution in [0.5, 0.6) is 0 Å². The Morgan fingerprint density at radius 3 is 1.75 bits per heavy atom. The highest BCUT2D eigenvalue weighted by molar-refractivity contribution is 8.16. The van der Waals surface area contributed by atoms with Gasteiger partial charge in [-0.25, -0.2) is 0 Å². The van der Waals surface area contributed by atoms with Gasteiger partial charge in [-0.05, 0) is 25.0 Å². The molecule has 0 aliphatic carbocycles. The van der Waals surface area contributed by atoms with Crippen molar-refractivity contribution in [2.45, 2.75) is 24.3 Å². The van der Waals surface area contributed by atoms with Crippen LogP contribution in [0.2, 0.25) is 0 Å². The second-order valence-corrected chi connectivity index (χ2v) is 9.34. The standard InChI is InChI=1S/C14H20O2S4/c1-9(2)13(15)18-7-11-5-17-6-12(20-11)8-19-14(16)10(3)4/h11-12H,1,3,5-8H2,2,4H3. The molecule has 0 N–H and O–H groups in total. The van der Waals surface area contributed by atoms with Crippen molar-refractivity contribution in [1.29, 1.82) is 0 Å². The van der Waals surface area contributed by atoms with E-state index in [0.717, 1.165) is 23.0 Å². The van der Waals surface area contributed by atoms with E-state index in [0.29, 0.717) is 21.6 Å². The molecule has 0 aromatic carbocycles. The third-order valence-electron chi connectivity index (χ3n) is 2.49. The van der Waals surface area contributed by atoms with Crippen LogP contribution >= 0.6 is 47.0 Å². The first-order chi connectivity index (χ1) is 9.40. The van der Waals surface area contributed by atoms with Crippen LogP contribution in [0, 0.1) is 0 Å². The summed E-state index contributed by atoms with van der Waals surface area (Å²) in [4.78, 5) is 23.1. The molecule has 112 valence electrons. The van der Waals surface area contributed by atoms with Crippen molar-refractivity contribution in [2.24, 2.45) is 0 Å². The van der Waals surface area contributed by atoms with Crippen molar-refractivity contribution in [3.8, 4) is 0 Å². The van der Waals surface area contributed by atoms with Crippen molar-refractivity contribution in [1.82, 2.24) is 0 Å². The van der Waals surface area contributed by atoms with E-state index < -0.39 is 0 Å². The van der Waals surface area contributed by atoms with Crippen LogP contribution in [-0.4, -0.2) is 43.7 Å². The zero-order valence-electron chi connectivity index (χ0n) is 11.8. The molecule has 1 saturated heterocycles. The second kappa shape index (κ2) is 9.28. The molecule has 0 saturated carbocycles. The van der Waals surface area contributed by atoms with E-state index >= 15 is 0 Å². The van der Waals surface area contributed by atoms with Gasteiger partial charge in [0.25, 0.3) is 0 Å². The predicted octanol–water partition coefficient (Wildman–Crippen LogP) is 3.88. The molecular formula is C14H20O2S4. The molecular weight excluding hydrogens is 328 g/mol. The summed E-state index contributed by atoms with van der Waals surface area (Å²) in [6.07, 6.45) is 0. The summed E-state index contributed by atoms with van der Waals surface area (Å²) < 4.78 is 0. The highest BCUT2D eigenvalue weighted by atomic mass is 32.2. The molecule has 0 amide bonds. The van der Waals surface area contributed by atoms with Gasteiger partial charge in [-0.1, -0.05) is 36.7 Å². The molecule has 1 aliphatic heterocycles. The smallest absolute Gasteiger partial charge is 0.214 e. The van der Waals surface area contributed by atoms with E-state index in [1.54, 1.807) is 13.8 Å². The van der Waals surface area contributed by atoms with Gasteiger partial charge < -0.3 is 0 Å². The lowest BCUT2D eigenvalue weighted by Crippen LogP contribution is -2.26. The summed E-state index contributed by atoms with van der Waals surface area (Å²) in [5, 5.41) is 1.13. The van der Waals surface area contributed by atoms with E-state index in [1.165, 1.54) is 23.5 Å². The summed E-state index contributed by atoms with van der Waals surface area (Å²) in [6.45, 7) is 10.8. The van der Waals surface area contributed by atoms with Crippen LogP contribution in [0.3, 0.4) is 0 Å². The van der Waals surface area contributed by atoms with Crippen LogP contribution in [0.25, 0.3) is 0 Å². The van der Waals surface area contributed by atoms with Gasteiger partial charge in [0.2, 0.25) is 10.2 Å². The molecule has 0 bridgehead atoms. The van der Waals surface area contributed by atoms with Crippen LogP contribution in [0.1, 0.15) is 13.8 Å². The number of hydrogen-bond donors (Lipinski definition) is 0. The highest BCUT2D eigenvalue weighted by Crippen LogP contribution is 2.34. The van der Waals surface area contributed by atoms with Gasteiger partial charge in [-0.3, -0.25) is 9.59 Å². The molecule has 1 aliphatic rings. The fourth-order valence-electron chi connectivity index (χ4n) is 1.44. The van der Waals surface area contributed by atoms with E-state index in [1.807, 2.05) is 23.5 Å². The van der Waals surface area contributed by atoms with Crippen LogP contribution in [0.15, 0.2) is 24.3 Å². The van der Waals surface area contributed by atoms with Gasteiger partial charge in [-0.15, -0.1) is 0 Å². The highest BCUT2D eigenvalue weighted by Gasteiger charge is 2.24. The average Bonchev–Trinajstić information content (AvgIpc) is 2.42. The Balaban J connectivity index is 2.31. The molecule has 2 nitrogen and oxygen atoms in total. The number of hydrogen-bond acceptors (Lipinski definition) is 6. The minimum Gasteiger partial charge on any atom is -0.282 e. The Kier molecular flexibility index (Phi) is 8.48. The van der Waals surface area contributed by atoms with Crippen molar-refractivity contribution in [2.75, 3.05) is 23.0 Å². The fourth-order valence-corrected chi connectivity index (χ4v) is 6.83. The van der Waals surface area contributed by atoms with Gasteiger partial charge in [0.1, 0.15) is 0 Å². The van der Waals surface area contributed by atoms with E-state index in [2.05, 4.69) is 13.2 Å². The first-order valence-electron chi connectivity index (χ1n) is 6.28. The fraction of sp³-hybridized carbons (Fsp3) is 0.571. The SMILES string of the molecule is C=C(C)C(=O)SCC1CSCC(CSC(=O)C(=C)C)S1. The van der Waals surface area contributed by atoms with Crippen LogP contribution < -0.4 is 0 Å². The third kappa shape index (κ3) is 6.78. The van der Waals surface area contributed by atoms with Gasteiger partial charge in [0.15, 0.2) is 0 Å². The van der Waals surface area contributed by atoms with E-state index in [9.17, 15) is 9.59 Å². The van der Waals surface area contributed by atoms with Gasteiger partial charge in [-0.2, -0.15) is 23.5 Å². The molecule has 20 heavy (non-hydrogen) atoms. The minimum absolute atomic E-state index is 0.0876. The molecule has 1 rings (SSSR count). The van der Waals surface area contributed by atoms with Gasteiger partial charge in [0.05, 0.1) is 0 Å². The Morgan fingerprint density at radius 2 is 1.40 bits per heavy atom. The van der Waals surface area contributed by atoms with Gasteiger partial charge >= 0.3 is 0 Å². The number of thioether (sulfide) groups is 4. The predicted molar refractivity (Wildman–Crippen MR) is 97.1 cm³/mol. The first-order valence-corrected chi connectivity index (χ1v) is 10.4. The normalized spacial score (nSPS) is 22.3. The zero-order valence-corrected chi connectivity index (χ0v) is 15.1. The molecule has 0 aromatic rings. The lowest BCUT2D eigenvalue weighted by Gasteiger charge is -2.27. The third-order valence-corrected chi connectivity index (χ3v) is 8.41. The number of carbonyl (C=O) groups excluding carboxylic acids is 2. The largest absolute Gasteiger partial charge is 0.282 e. The topological polar surface area (TPSA) is 34.1 Å². The minimum atomic E-state index is 0.0876. The molecule has 0 radical (unpaired) electrons. The van der Waals surface area contributed by atoms with Crippen molar-refractivity contribution < 1.29 is 9.59 Å². The summed E-state index contributed by atoms with van der Waals surface area (Å²) in [7, 11) is 0. The first kappa shape index (κ1) is 18.3. The number of rotatable bonds is 6. The second-order valence-electron chi connectivity index (χ2n) is 4.68. The molecule has 1 heterocycles. The summed E-state index contributed by atoms with van der Waals surface area (Å²) in [6, 6.07) is 0. The molecule has 6 heteroatoms. The lowest BCUT2D eigenvalue weighted by molar-refractivity contribution is -0.108. The Morgan fingerprint density at radius 1 is 1.00 bits per heavy atom. The Labute approximate surface area is 138 Å². The van der Waals surface area contributed by atoms with Crippen molar-refractivity contribution in [3.05, 3.63) is 24.3 Å². The summed E-state index contributed by atoms with van der Waals surface area (Å²) in [5.74, 6) is 3.82. The van der Waals surface area contributed by atoms with E-state index in [4.69, 9.17) is 0 Å². The molecule has 0 spiro atoms. The maximum atomic E-state index is 11.5. The molecule has 0 aromatic heterocycles.